The molecule has 0 radical (unpaired) electrons. The molecular weight excluding hydrogens is 292 g/mol. The van der Waals surface area contributed by atoms with E-state index in [1.807, 2.05) is 0 Å². The Hall–Kier alpha value is -2.09. The second kappa shape index (κ2) is 7.65. The first-order valence-corrected chi connectivity index (χ1v) is 9.31. The van der Waals surface area contributed by atoms with E-state index in [1.165, 1.54) is 42.5 Å². The van der Waals surface area contributed by atoms with Crippen molar-refractivity contribution in [1.29, 1.82) is 0 Å². The van der Waals surface area contributed by atoms with Crippen LogP contribution in [-0.2, 0) is 5.54 Å². The summed E-state index contributed by atoms with van der Waals surface area (Å²) in [5.41, 5.74) is 3.67. The molecule has 0 amide bonds. The van der Waals surface area contributed by atoms with Crippen molar-refractivity contribution in [3.8, 4) is 0 Å². The van der Waals surface area contributed by atoms with Crippen molar-refractivity contribution in [2.45, 2.75) is 57.9 Å². The number of hydrogen-bond acceptors (Lipinski definition) is 2. The van der Waals surface area contributed by atoms with Crippen LogP contribution in [0, 0.1) is 0 Å². The van der Waals surface area contributed by atoms with Gasteiger partial charge >= 0.3 is 0 Å². The highest BCUT2D eigenvalue weighted by atomic mass is 15.1. The van der Waals surface area contributed by atoms with Gasteiger partial charge in [0.1, 0.15) is 5.84 Å². The van der Waals surface area contributed by atoms with E-state index in [9.17, 15) is 0 Å². The first-order valence-electron chi connectivity index (χ1n) is 9.31. The van der Waals surface area contributed by atoms with Crippen LogP contribution < -0.4 is 5.32 Å². The highest BCUT2D eigenvalue weighted by Crippen LogP contribution is 2.43. The molecule has 0 unspecified atom stereocenters. The first-order chi connectivity index (χ1) is 11.8. The number of rotatable bonds is 7. The average molecular weight is 320 g/mol. The van der Waals surface area contributed by atoms with E-state index in [2.05, 4.69) is 73.8 Å². The van der Waals surface area contributed by atoms with Crippen molar-refractivity contribution in [1.82, 2.24) is 0 Å². The third kappa shape index (κ3) is 3.38. The lowest BCUT2D eigenvalue weighted by molar-refractivity contribution is 0.356. The van der Waals surface area contributed by atoms with Crippen molar-refractivity contribution in [2.24, 2.45) is 4.99 Å². The van der Waals surface area contributed by atoms with Gasteiger partial charge in [0, 0.05) is 16.8 Å². The predicted octanol–water partition coefficient (Wildman–Crippen LogP) is 6.13. The molecule has 0 saturated carbocycles. The molecule has 2 aromatic rings. The van der Waals surface area contributed by atoms with Crippen LogP contribution in [0.25, 0.3) is 0 Å². The topological polar surface area (TPSA) is 24.4 Å². The normalized spacial score (nSPS) is 15.3. The molecule has 1 aliphatic rings. The Morgan fingerprint density at radius 3 is 2.12 bits per heavy atom. The highest BCUT2D eigenvalue weighted by molar-refractivity contribution is 6.10. The third-order valence-electron chi connectivity index (χ3n) is 4.94. The molecule has 0 aromatic heterocycles. The van der Waals surface area contributed by atoms with Gasteiger partial charge in [-0.3, -0.25) is 4.99 Å². The van der Waals surface area contributed by atoms with Crippen molar-refractivity contribution in [3.05, 3.63) is 65.7 Å². The smallest absolute Gasteiger partial charge is 0.133 e. The summed E-state index contributed by atoms with van der Waals surface area (Å²) in [6.45, 7) is 4.53. The third-order valence-corrected chi connectivity index (χ3v) is 4.94. The number of hydrogen-bond donors (Lipinski definition) is 1. The zero-order chi connectivity index (χ0) is 16.8. The summed E-state index contributed by atoms with van der Waals surface area (Å²) in [4.78, 5) is 5.31. The molecule has 126 valence electrons. The number of nitrogens with zero attached hydrogens (tertiary/aromatic N) is 1. The molecule has 0 atom stereocenters. The largest absolute Gasteiger partial charge is 0.340 e. The summed E-state index contributed by atoms with van der Waals surface area (Å²) in [5, 5.41) is 3.57. The van der Waals surface area contributed by atoms with E-state index in [1.54, 1.807) is 0 Å². The van der Waals surface area contributed by atoms with Crippen molar-refractivity contribution >= 4 is 11.5 Å². The lowest BCUT2D eigenvalue weighted by Gasteiger charge is -2.37. The van der Waals surface area contributed by atoms with Gasteiger partial charge in [-0.05, 0) is 18.9 Å². The lowest BCUT2D eigenvalue weighted by atomic mass is 9.79. The standard InChI is InChI=1S/C22H28N2/c1-3-5-16-22(17-6-4-2)19-14-10-11-15-20(19)23-21(24-22)18-12-8-7-9-13-18/h7-15H,3-6,16-17H2,1-2H3,(H,23,24). The number of unbranched alkanes of at least 4 members (excludes halogenated alkanes) is 2. The number of fused-ring (bicyclic) bond motifs is 1. The van der Waals surface area contributed by atoms with Crippen LogP contribution >= 0.6 is 0 Å². The highest BCUT2D eigenvalue weighted by Gasteiger charge is 2.36. The van der Waals surface area contributed by atoms with Crippen LogP contribution in [0.2, 0.25) is 0 Å². The van der Waals surface area contributed by atoms with E-state index < -0.39 is 0 Å². The van der Waals surface area contributed by atoms with Crippen molar-refractivity contribution < 1.29 is 0 Å². The average Bonchev–Trinajstić information content (AvgIpc) is 2.65. The number of benzene rings is 2. The van der Waals surface area contributed by atoms with Gasteiger partial charge in [0.2, 0.25) is 0 Å². The number of anilines is 1. The second-order valence-corrected chi connectivity index (χ2v) is 6.74. The Morgan fingerprint density at radius 2 is 1.46 bits per heavy atom. The van der Waals surface area contributed by atoms with Crippen LogP contribution in [0.1, 0.15) is 63.5 Å². The molecule has 2 nitrogen and oxygen atoms in total. The van der Waals surface area contributed by atoms with E-state index >= 15 is 0 Å². The van der Waals surface area contributed by atoms with E-state index in [0.29, 0.717) is 0 Å². The predicted molar refractivity (Wildman–Crippen MR) is 104 cm³/mol. The van der Waals surface area contributed by atoms with Crippen LogP contribution in [0.5, 0.6) is 0 Å². The maximum atomic E-state index is 5.31. The summed E-state index contributed by atoms with van der Waals surface area (Å²) in [6.07, 6.45) is 7.09. The van der Waals surface area contributed by atoms with Crippen LogP contribution in [0.15, 0.2) is 59.6 Å². The maximum Gasteiger partial charge on any atom is 0.133 e. The molecule has 2 heteroatoms. The number of para-hydroxylation sites is 1. The first kappa shape index (κ1) is 16.8. The molecule has 2 aromatic carbocycles. The van der Waals surface area contributed by atoms with Crippen LogP contribution in [0.3, 0.4) is 0 Å². The van der Waals surface area contributed by atoms with Gasteiger partial charge in [0.05, 0.1) is 5.54 Å². The van der Waals surface area contributed by atoms with Gasteiger partial charge < -0.3 is 5.32 Å². The van der Waals surface area contributed by atoms with Gasteiger partial charge in [0.15, 0.2) is 0 Å². The van der Waals surface area contributed by atoms with Crippen LogP contribution in [-0.4, -0.2) is 5.84 Å². The zero-order valence-electron chi connectivity index (χ0n) is 14.9. The fourth-order valence-electron chi connectivity index (χ4n) is 3.60. The summed E-state index contributed by atoms with van der Waals surface area (Å²) in [6, 6.07) is 19.2. The molecule has 3 rings (SSSR count). The van der Waals surface area contributed by atoms with E-state index in [-0.39, 0.29) is 5.54 Å². The lowest BCUT2D eigenvalue weighted by Crippen LogP contribution is -2.34. The van der Waals surface area contributed by atoms with Gasteiger partial charge in [-0.25, -0.2) is 0 Å². The van der Waals surface area contributed by atoms with Crippen molar-refractivity contribution in [2.75, 3.05) is 5.32 Å². The molecule has 24 heavy (non-hydrogen) atoms. The second-order valence-electron chi connectivity index (χ2n) is 6.74. The van der Waals surface area contributed by atoms with Crippen LogP contribution in [0.4, 0.5) is 5.69 Å². The minimum absolute atomic E-state index is 0.0843. The summed E-state index contributed by atoms with van der Waals surface area (Å²) < 4.78 is 0. The molecule has 0 aliphatic carbocycles. The summed E-state index contributed by atoms with van der Waals surface area (Å²) >= 11 is 0. The quantitative estimate of drug-likeness (QED) is 0.651. The minimum Gasteiger partial charge on any atom is -0.340 e. The monoisotopic (exact) mass is 320 g/mol. The number of amidine groups is 1. The molecule has 0 bridgehead atoms. The Morgan fingerprint density at radius 1 is 0.833 bits per heavy atom. The molecule has 0 fully saturated rings. The molecule has 1 heterocycles. The molecule has 0 saturated heterocycles. The fourth-order valence-corrected chi connectivity index (χ4v) is 3.60. The Labute approximate surface area is 146 Å². The van der Waals surface area contributed by atoms with Gasteiger partial charge in [0.25, 0.3) is 0 Å². The Kier molecular flexibility index (Phi) is 5.34. The number of aliphatic imine (C=N–C) groups is 1. The molecule has 0 spiro atoms. The molecular formula is C22H28N2. The minimum atomic E-state index is -0.0843. The van der Waals surface area contributed by atoms with Gasteiger partial charge in [-0.1, -0.05) is 88.1 Å². The van der Waals surface area contributed by atoms with E-state index in [4.69, 9.17) is 4.99 Å². The molecule has 1 N–H and O–H groups in total. The SMILES string of the molecule is CCCCC1(CCCC)N=C(c2ccccc2)Nc2ccccc21. The zero-order valence-corrected chi connectivity index (χ0v) is 14.9. The maximum absolute atomic E-state index is 5.31. The van der Waals surface area contributed by atoms with Crippen molar-refractivity contribution in [3.63, 3.8) is 0 Å². The molecule has 1 aliphatic heterocycles. The Bertz CT molecular complexity index is 680. The Balaban J connectivity index is 2.08. The summed E-state index contributed by atoms with van der Waals surface area (Å²) in [5.74, 6) is 1.02. The summed E-state index contributed by atoms with van der Waals surface area (Å²) in [7, 11) is 0. The fraction of sp³-hybridized carbons (Fsp3) is 0.409. The van der Waals surface area contributed by atoms with Gasteiger partial charge in [-0.2, -0.15) is 0 Å². The van der Waals surface area contributed by atoms with E-state index in [0.717, 1.165) is 18.7 Å². The number of nitrogens with one attached hydrogen (secondary N) is 1. The van der Waals surface area contributed by atoms with Gasteiger partial charge in [-0.15, -0.1) is 0 Å².